The van der Waals surface area contributed by atoms with Gasteiger partial charge in [0, 0.05) is 0 Å². The summed E-state index contributed by atoms with van der Waals surface area (Å²) in [6, 6.07) is 0. The second-order valence-electron chi connectivity index (χ2n) is 1.72. The van der Waals surface area contributed by atoms with E-state index < -0.39 is 0 Å². The largest absolute Gasteiger partial charge is 0.300 e. The van der Waals surface area contributed by atoms with Crippen molar-refractivity contribution < 1.29 is 4.79 Å². The van der Waals surface area contributed by atoms with E-state index in [2.05, 4.69) is 20.3 Å². The topological polar surface area (TPSA) is 17.1 Å². The Kier molecular flexibility index (Phi) is 13.0. The van der Waals surface area contributed by atoms with Crippen LogP contribution in [0.1, 0.15) is 34.1 Å². The van der Waals surface area contributed by atoms with Crippen LogP contribution in [0.3, 0.4) is 0 Å². The lowest BCUT2D eigenvalue weighted by Gasteiger charge is -1.67. The third-order valence-electron chi connectivity index (χ3n) is 0.408. The Labute approximate surface area is 52.1 Å². The molecule has 0 aromatic heterocycles. The summed E-state index contributed by atoms with van der Waals surface area (Å²) in [5, 5.41) is 0. The van der Waals surface area contributed by atoms with Gasteiger partial charge in [-0.15, -0.1) is 0 Å². The lowest BCUT2D eigenvalue weighted by molar-refractivity contribution is -0.114. The predicted molar refractivity (Wildman–Crippen MR) is 36.6 cm³/mol. The zero-order valence-electron chi connectivity index (χ0n) is 6.19. The van der Waals surface area contributed by atoms with E-state index in [1.807, 2.05) is 0 Å². The molecular weight excluding hydrogens is 100 g/mol. The second kappa shape index (κ2) is 9.83. The highest BCUT2D eigenvalue weighted by Gasteiger charge is 1.62. The van der Waals surface area contributed by atoms with Crippen molar-refractivity contribution >= 4 is 5.78 Å². The van der Waals surface area contributed by atoms with Gasteiger partial charge in [0.15, 0.2) is 0 Å². The van der Waals surface area contributed by atoms with Crippen LogP contribution in [0.25, 0.3) is 0 Å². The third-order valence-corrected chi connectivity index (χ3v) is 0.408. The molecule has 0 aromatic carbocycles. The molecule has 1 radical (unpaired) electrons. The molecule has 0 fully saturated rings. The molecule has 1 nitrogen and oxygen atoms in total. The number of unbranched alkanes of at least 4 members (excludes halogenated alkanes) is 1. The van der Waals surface area contributed by atoms with Gasteiger partial charge in [0.1, 0.15) is 5.78 Å². The second-order valence-corrected chi connectivity index (χ2v) is 1.72. The van der Waals surface area contributed by atoms with Crippen LogP contribution in [0.15, 0.2) is 0 Å². The van der Waals surface area contributed by atoms with Gasteiger partial charge in [-0.25, -0.2) is 0 Å². The van der Waals surface area contributed by atoms with Crippen molar-refractivity contribution in [2.24, 2.45) is 0 Å². The first-order chi connectivity index (χ1) is 3.65. The zero-order chi connectivity index (χ0) is 6.99. The molecule has 0 aliphatic carbocycles. The van der Waals surface area contributed by atoms with E-state index in [1.165, 1.54) is 20.3 Å². The number of ketones is 1. The molecule has 0 rings (SSSR count). The van der Waals surface area contributed by atoms with E-state index >= 15 is 0 Å². The smallest absolute Gasteiger partial charge is 0.126 e. The number of carbonyl (C=O) groups excluding carboxylic acids is 1. The first kappa shape index (κ1) is 10.6. The van der Waals surface area contributed by atoms with E-state index in [-0.39, 0.29) is 5.78 Å². The van der Waals surface area contributed by atoms with Crippen LogP contribution in [0, 0.1) is 6.42 Å². The number of hydrogen-bond acceptors (Lipinski definition) is 1. The van der Waals surface area contributed by atoms with E-state index in [9.17, 15) is 4.79 Å². The fourth-order valence-corrected chi connectivity index (χ4v) is 0. The van der Waals surface area contributed by atoms with Crippen LogP contribution in [-0.4, -0.2) is 5.78 Å². The van der Waals surface area contributed by atoms with Gasteiger partial charge >= 0.3 is 0 Å². The number of Topliss-reactive ketones (excluding diaryl/α,β-unsaturated/α-hetero) is 1. The summed E-state index contributed by atoms with van der Waals surface area (Å²) in [6.07, 6.45) is 3.32. The highest BCUT2D eigenvalue weighted by Crippen LogP contribution is 1.74. The minimum absolute atomic E-state index is 0.167. The summed E-state index contributed by atoms with van der Waals surface area (Å²) in [7, 11) is 0. The summed E-state index contributed by atoms with van der Waals surface area (Å²) >= 11 is 0. The molecule has 0 saturated heterocycles. The third kappa shape index (κ3) is 275. The van der Waals surface area contributed by atoms with Gasteiger partial charge in [-0.2, -0.15) is 0 Å². The molecule has 8 heavy (non-hydrogen) atoms. The van der Waals surface area contributed by atoms with E-state index in [1.54, 1.807) is 0 Å². The quantitative estimate of drug-likeness (QED) is 0.512. The molecule has 0 spiro atoms. The normalized spacial score (nSPS) is 7.00. The maximum Gasteiger partial charge on any atom is 0.126 e. The molecule has 0 bridgehead atoms. The SMILES string of the molecule is CC(C)=O.C[CH]CC. The minimum atomic E-state index is 0.167. The first-order valence-corrected chi connectivity index (χ1v) is 2.90. The Hall–Kier alpha value is -0.330. The summed E-state index contributed by atoms with van der Waals surface area (Å²) < 4.78 is 0. The van der Waals surface area contributed by atoms with Crippen LogP contribution >= 0.6 is 0 Å². The average Bonchev–Trinajstić information content (AvgIpc) is 1.65. The fourth-order valence-electron chi connectivity index (χ4n) is 0. The Morgan fingerprint density at radius 3 is 1.62 bits per heavy atom. The molecule has 0 heterocycles. The lowest BCUT2D eigenvalue weighted by atomic mass is 10.4. The highest BCUT2D eigenvalue weighted by molar-refractivity contribution is 5.72. The lowest BCUT2D eigenvalue weighted by Crippen LogP contribution is -1.69. The number of carbonyl (C=O) groups is 1. The van der Waals surface area contributed by atoms with E-state index in [0.717, 1.165) is 0 Å². The molecular formula is C7H15O. The molecule has 0 saturated carbocycles. The monoisotopic (exact) mass is 115 g/mol. The Balaban J connectivity index is 0. The van der Waals surface area contributed by atoms with Gasteiger partial charge in [0.25, 0.3) is 0 Å². The fraction of sp³-hybridized carbons (Fsp3) is 0.714. The van der Waals surface area contributed by atoms with Crippen LogP contribution in [0.4, 0.5) is 0 Å². The molecule has 0 unspecified atom stereocenters. The zero-order valence-corrected chi connectivity index (χ0v) is 6.19. The van der Waals surface area contributed by atoms with Crippen LogP contribution in [0.5, 0.6) is 0 Å². The first-order valence-electron chi connectivity index (χ1n) is 2.90. The number of hydrogen-bond donors (Lipinski definition) is 0. The van der Waals surface area contributed by atoms with Crippen LogP contribution in [0.2, 0.25) is 0 Å². The predicted octanol–water partition coefficient (Wildman–Crippen LogP) is 2.22. The minimum Gasteiger partial charge on any atom is -0.300 e. The molecule has 0 aromatic rings. The van der Waals surface area contributed by atoms with Crippen molar-refractivity contribution in [1.29, 1.82) is 0 Å². The average molecular weight is 115 g/mol. The van der Waals surface area contributed by atoms with Crippen LogP contribution < -0.4 is 0 Å². The standard InChI is InChI=1S/C4H9.C3H6O/c1-3-4-2;1-3(2)4/h3H,4H2,1-2H3;1-2H3. The molecule has 0 atom stereocenters. The Morgan fingerprint density at radius 2 is 1.62 bits per heavy atom. The van der Waals surface area contributed by atoms with Crippen molar-refractivity contribution in [3.05, 3.63) is 6.42 Å². The van der Waals surface area contributed by atoms with Crippen molar-refractivity contribution in [2.75, 3.05) is 0 Å². The van der Waals surface area contributed by atoms with E-state index in [4.69, 9.17) is 0 Å². The van der Waals surface area contributed by atoms with Gasteiger partial charge in [0.2, 0.25) is 0 Å². The van der Waals surface area contributed by atoms with Crippen molar-refractivity contribution in [1.82, 2.24) is 0 Å². The molecule has 49 valence electrons. The molecule has 0 N–H and O–H groups in total. The Bertz CT molecular complexity index is 42.3. The molecule has 1 heteroatoms. The van der Waals surface area contributed by atoms with Crippen molar-refractivity contribution in [3.63, 3.8) is 0 Å². The highest BCUT2D eigenvalue weighted by atomic mass is 16.1. The summed E-state index contributed by atoms with van der Waals surface area (Å²) in [6.45, 7) is 7.24. The van der Waals surface area contributed by atoms with Gasteiger partial charge < -0.3 is 4.79 Å². The Morgan fingerprint density at radius 1 is 1.50 bits per heavy atom. The van der Waals surface area contributed by atoms with Gasteiger partial charge in [0.05, 0.1) is 0 Å². The van der Waals surface area contributed by atoms with Crippen molar-refractivity contribution in [2.45, 2.75) is 34.1 Å². The summed E-state index contributed by atoms with van der Waals surface area (Å²) in [5.41, 5.74) is 0. The molecule has 0 aliphatic rings. The van der Waals surface area contributed by atoms with Crippen LogP contribution in [-0.2, 0) is 4.79 Å². The number of rotatable bonds is 1. The van der Waals surface area contributed by atoms with Gasteiger partial charge in [-0.1, -0.05) is 20.3 Å². The van der Waals surface area contributed by atoms with Gasteiger partial charge in [-0.05, 0) is 20.3 Å². The van der Waals surface area contributed by atoms with Gasteiger partial charge in [-0.3, -0.25) is 0 Å². The maximum atomic E-state index is 9.44. The van der Waals surface area contributed by atoms with Crippen molar-refractivity contribution in [3.8, 4) is 0 Å². The maximum absolute atomic E-state index is 9.44. The molecule has 0 aliphatic heterocycles. The summed E-state index contributed by atoms with van der Waals surface area (Å²) in [4.78, 5) is 9.44. The molecule has 0 amide bonds. The van der Waals surface area contributed by atoms with E-state index in [0.29, 0.717) is 0 Å². The summed E-state index contributed by atoms with van der Waals surface area (Å²) in [5.74, 6) is 0.167.